The number of anilines is 3. The number of benzene rings is 2. The van der Waals surface area contributed by atoms with Gasteiger partial charge >= 0.3 is 185 Å². The molecule has 1 saturated heterocycles. The second-order valence-corrected chi connectivity index (χ2v) is 10.3. The van der Waals surface area contributed by atoms with Crippen molar-refractivity contribution in [2.45, 2.75) is 19.3 Å². The van der Waals surface area contributed by atoms with Crippen LogP contribution in [0.4, 0.5) is 20.7 Å². The number of nitrogens with zero attached hydrogens (tertiary/aromatic N) is 1. The molecule has 0 radical (unpaired) electrons. The third-order valence-electron chi connectivity index (χ3n) is 5.70. The Bertz CT molecular complexity index is 1220. The van der Waals surface area contributed by atoms with Crippen LogP contribution in [0, 0.1) is 0 Å². The van der Waals surface area contributed by atoms with Crippen LogP contribution >= 0.6 is 0 Å². The van der Waals surface area contributed by atoms with Crippen molar-refractivity contribution >= 4 is 54.4 Å². The molecule has 6 nitrogen and oxygen atoms in total. The van der Waals surface area contributed by atoms with Crippen molar-refractivity contribution < 1.29 is 14.4 Å². The number of barbiturate groups is 1. The van der Waals surface area contributed by atoms with Gasteiger partial charge in [-0.2, -0.15) is 0 Å². The fraction of sp³-hybridized carbons (Fsp3) is 0.125. The molecule has 2 aliphatic rings. The number of urea groups is 1. The van der Waals surface area contributed by atoms with Crippen molar-refractivity contribution in [2.75, 3.05) is 4.90 Å². The number of hydrogen-bond acceptors (Lipinski definition) is 4. The molecule has 0 unspecified atom stereocenters. The number of hydrogen-bond donors (Lipinski definition) is 2. The van der Waals surface area contributed by atoms with Gasteiger partial charge in [-0.05, 0) is 0 Å². The van der Waals surface area contributed by atoms with E-state index in [4.69, 9.17) is 0 Å². The van der Waals surface area contributed by atoms with E-state index < -0.39 is 17.8 Å². The summed E-state index contributed by atoms with van der Waals surface area (Å²) in [5.41, 5.74) is 4.60. The molecular formula is C24H19N3O3Se. The van der Waals surface area contributed by atoms with Crippen LogP contribution < -0.4 is 15.5 Å². The van der Waals surface area contributed by atoms with Gasteiger partial charge in [-0.25, -0.2) is 0 Å². The number of imide groups is 2. The maximum absolute atomic E-state index is 12.1. The van der Waals surface area contributed by atoms with E-state index in [1.807, 2.05) is 24.3 Å². The van der Waals surface area contributed by atoms with E-state index in [0.717, 1.165) is 20.4 Å². The molecule has 5 rings (SSSR count). The van der Waals surface area contributed by atoms with Gasteiger partial charge in [-0.15, -0.1) is 0 Å². The van der Waals surface area contributed by atoms with Crippen LogP contribution in [-0.4, -0.2) is 32.3 Å². The van der Waals surface area contributed by atoms with E-state index in [2.05, 4.69) is 65.8 Å². The molecule has 0 bridgehead atoms. The summed E-state index contributed by atoms with van der Waals surface area (Å²) in [7, 11) is 0. The summed E-state index contributed by atoms with van der Waals surface area (Å²) < 4.78 is 2.00. The fourth-order valence-electron chi connectivity index (χ4n) is 4.20. The van der Waals surface area contributed by atoms with Crippen LogP contribution in [0.3, 0.4) is 0 Å². The van der Waals surface area contributed by atoms with Gasteiger partial charge in [0.25, 0.3) is 0 Å². The predicted octanol–water partition coefficient (Wildman–Crippen LogP) is 3.60. The summed E-state index contributed by atoms with van der Waals surface area (Å²) in [6.45, 7) is 4.48. The Labute approximate surface area is 185 Å². The Morgan fingerprint density at radius 2 is 1.35 bits per heavy atom. The molecular weight excluding hydrogens is 457 g/mol. The fourth-order valence-corrected chi connectivity index (χ4v) is 6.25. The Morgan fingerprint density at radius 3 is 1.94 bits per heavy atom. The number of fused-ring (bicyclic) bond motifs is 2. The minimum atomic E-state index is -0.791. The van der Waals surface area contributed by atoms with Gasteiger partial charge < -0.3 is 0 Å². The van der Waals surface area contributed by atoms with Crippen LogP contribution in [0.2, 0.25) is 0 Å². The Kier molecular flexibility index (Phi) is 4.46. The molecule has 2 aromatic carbocycles. The zero-order valence-corrected chi connectivity index (χ0v) is 18.6. The summed E-state index contributed by atoms with van der Waals surface area (Å²) in [5, 5.41) is 4.24. The number of carbonyl (C=O) groups excluding carboxylic acids is 3. The molecule has 0 atom stereocenters. The first kappa shape index (κ1) is 19.5. The van der Waals surface area contributed by atoms with Crippen molar-refractivity contribution in [3.63, 3.8) is 0 Å². The van der Waals surface area contributed by atoms with Gasteiger partial charge in [0.1, 0.15) is 0 Å². The average molecular weight is 476 g/mol. The molecule has 1 fully saturated rings. The number of para-hydroxylation sites is 2. The van der Waals surface area contributed by atoms with Crippen molar-refractivity contribution in [3.05, 3.63) is 81.8 Å². The molecule has 2 aliphatic heterocycles. The normalized spacial score (nSPS) is 16.9. The molecule has 154 valence electrons. The van der Waals surface area contributed by atoms with Gasteiger partial charge in [-0.1, -0.05) is 0 Å². The summed E-state index contributed by atoms with van der Waals surface area (Å²) in [4.78, 5) is 37.7. The second kappa shape index (κ2) is 7.08. The van der Waals surface area contributed by atoms with Crippen molar-refractivity contribution in [2.24, 2.45) is 0 Å². The van der Waals surface area contributed by atoms with Crippen LogP contribution in [0.1, 0.15) is 29.4 Å². The zero-order valence-electron chi connectivity index (χ0n) is 16.9. The molecule has 2 N–H and O–H groups in total. The molecule has 0 spiro atoms. The van der Waals surface area contributed by atoms with E-state index in [1.165, 1.54) is 11.1 Å². The molecule has 31 heavy (non-hydrogen) atoms. The van der Waals surface area contributed by atoms with Crippen LogP contribution in [-0.2, 0) is 15.0 Å². The number of carbonyl (C=O) groups is 3. The van der Waals surface area contributed by atoms with Crippen LogP contribution in [0.25, 0.3) is 6.08 Å². The monoisotopic (exact) mass is 477 g/mol. The summed E-state index contributed by atoms with van der Waals surface area (Å²) in [6.07, 6.45) is 1.58. The Morgan fingerprint density at radius 1 is 0.806 bits per heavy atom. The zero-order chi connectivity index (χ0) is 21.8. The van der Waals surface area contributed by atoms with Gasteiger partial charge in [0.05, 0.1) is 0 Å². The van der Waals surface area contributed by atoms with Crippen molar-refractivity contribution in [1.82, 2.24) is 10.6 Å². The molecule has 1 aromatic heterocycles. The first-order valence-electron chi connectivity index (χ1n) is 9.83. The third kappa shape index (κ3) is 3.14. The maximum atomic E-state index is 12.1. The second-order valence-electron chi connectivity index (χ2n) is 7.97. The number of rotatable bonds is 2. The van der Waals surface area contributed by atoms with Gasteiger partial charge in [-0.3, -0.25) is 0 Å². The average Bonchev–Trinajstić information content (AvgIpc) is 3.19. The molecule has 7 heteroatoms. The van der Waals surface area contributed by atoms with Gasteiger partial charge in [0.2, 0.25) is 0 Å². The molecule has 3 heterocycles. The summed E-state index contributed by atoms with van der Waals surface area (Å²) in [5.74, 6) is -1.34. The van der Waals surface area contributed by atoms with Crippen LogP contribution in [0.15, 0.2) is 66.2 Å². The molecule has 3 aromatic rings. The minimum absolute atomic E-state index is 0.0528. The topological polar surface area (TPSA) is 78.5 Å². The third-order valence-corrected chi connectivity index (χ3v) is 7.83. The van der Waals surface area contributed by atoms with Gasteiger partial charge in [0, 0.05) is 0 Å². The van der Waals surface area contributed by atoms with E-state index >= 15 is 0 Å². The Hall–Kier alpha value is -3.41. The van der Waals surface area contributed by atoms with Crippen molar-refractivity contribution in [1.29, 1.82) is 0 Å². The van der Waals surface area contributed by atoms with E-state index in [1.54, 1.807) is 6.08 Å². The molecule has 4 amide bonds. The van der Waals surface area contributed by atoms with E-state index in [9.17, 15) is 14.4 Å². The van der Waals surface area contributed by atoms with Crippen molar-refractivity contribution in [3.8, 4) is 0 Å². The van der Waals surface area contributed by atoms with Gasteiger partial charge in [0.15, 0.2) is 0 Å². The molecule has 0 aliphatic carbocycles. The predicted molar refractivity (Wildman–Crippen MR) is 120 cm³/mol. The summed E-state index contributed by atoms with van der Waals surface area (Å²) >= 11 is -0.128. The standard InChI is InChI=1S/C24H19N3O3Se/c1-24(2)16-7-3-5-9-18(16)27(19-10-6-4-8-17(19)24)20-12-11-14(31-20)13-15-21(28)25-23(30)26-22(15)29/h3-13H,1-2H3,(H2,25,26,28,29,30). The SMILES string of the molecule is CC1(C)c2ccccc2N(c2ccc(C=C3C(=O)NC(=O)NC3=O)[se]2)c2ccccc21. The molecule has 0 saturated carbocycles. The number of nitrogens with one attached hydrogen (secondary N) is 2. The Balaban J connectivity index is 1.61. The summed E-state index contributed by atoms with van der Waals surface area (Å²) in [6, 6.07) is 20.0. The number of amides is 4. The van der Waals surface area contributed by atoms with E-state index in [-0.39, 0.29) is 25.5 Å². The van der Waals surface area contributed by atoms with Crippen LogP contribution in [0.5, 0.6) is 0 Å². The first-order chi connectivity index (χ1) is 14.9. The first-order valence-corrected chi connectivity index (χ1v) is 11.5. The van der Waals surface area contributed by atoms with E-state index in [0.29, 0.717) is 0 Å². The quantitative estimate of drug-likeness (QED) is 0.337.